The summed E-state index contributed by atoms with van der Waals surface area (Å²) < 4.78 is 1.66. The topological polar surface area (TPSA) is 83.6 Å². The highest BCUT2D eigenvalue weighted by Gasteiger charge is 2.20. The normalized spacial score (nSPS) is 12.3. The zero-order valence-corrected chi connectivity index (χ0v) is 16.0. The number of aryl methyl sites for hydroxylation is 2. The molecule has 0 aliphatic rings. The molecule has 1 amide bonds. The fraction of sp³-hybridized carbons (Fsp3) is 0.400. The highest BCUT2D eigenvalue weighted by molar-refractivity contribution is 5.78. The van der Waals surface area contributed by atoms with Gasteiger partial charge in [0.2, 0.25) is 5.91 Å². The number of amides is 1. The van der Waals surface area contributed by atoms with Crippen LogP contribution in [0.3, 0.4) is 0 Å². The van der Waals surface area contributed by atoms with Gasteiger partial charge in [0.05, 0.1) is 6.42 Å². The van der Waals surface area contributed by atoms with Gasteiger partial charge in [0.1, 0.15) is 0 Å². The maximum absolute atomic E-state index is 12.9. The molecular formula is C20H25N5O2. The fourth-order valence-electron chi connectivity index (χ4n) is 3.02. The first-order chi connectivity index (χ1) is 13.0. The predicted molar refractivity (Wildman–Crippen MR) is 102 cm³/mol. The molecule has 1 atom stereocenters. The van der Waals surface area contributed by atoms with Crippen LogP contribution in [0.5, 0.6) is 0 Å². The molecule has 2 aromatic heterocycles. The van der Waals surface area contributed by atoms with Gasteiger partial charge < -0.3 is 10.0 Å². The van der Waals surface area contributed by atoms with Crippen LogP contribution < -0.4 is 0 Å². The monoisotopic (exact) mass is 367 g/mol. The number of rotatable bonds is 7. The molecule has 1 N–H and O–H groups in total. The Morgan fingerprint density at radius 1 is 1.22 bits per heavy atom. The summed E-state index contributed by atoms with van der Waals surface area (Å²) in [6.45, 7) is 6.77. The quantitative estimate of drug-likeness (QED) is 0.690. The van der Waals surface area contributed by atoms with E-state index in [-0.39, 0.29) is 24.9 Å². The zero-order chi connectivity index (χ0) is 19.4. The summed E-state index contributed by atoms with van der Waals surface area (Å²) in [5.41, 5.74) is 2.85. The van der Waals surface area contributed by atoms with Crippen molar-refractivity contribution in [3.05, 3.63) is 59.2 Å². The van der Waals surface area contributed by atoms with Crippen LogP contribution in [0.2, 0.25) is 0 Å². The van der Waals surface area contributed by atoms with Gasteiger partial charge in [-0.05, 0) is 31.4 Å². The Bertz CT molecular complexity index is 923. The van der Waals surface area contributed by atoms with Crippen molar-refractivity contribution in [1.29, 1.82) is 0 Å². The van der Waals surface area contributed by atoms with Crippen molar-refractivity contribution in [3.63, 3.8) is 0 Å². The molecule has 1 unspecified atom stereocenters. The molecule has 7 heteroatoms. The second kappa shape index (κ2) is 8.26. The molecule has 3 rings (SSSR count). The van der Waals surface area contributed by atoms with Crippen molar-refractivity contribution < 1.29 is 9.90 Å². The fourth-order valence-corrected chi connectivity index (χ4v) is 3.02. The van der Waals surface area contributed by atoms with E-state index < -0.39 is 0 Å². The highest BCUT2D eigenvalue weighted by Crippen LogP contribution is 2.11. The van der Waals surface area contributed by atoms with Crippen molar-refractivity contribution in [3.8, 4) is 0 Å². The number of aliphatic hydroxyl groups excluding tert-OH is 1. The lowest BCUT2D eigenvalue weighted by Crippen LogP contribution is -2.36. The zero-order valence-electron chi connectivity index (χ0n) is 16.0. The Hall–Kier alpha value is -2.80. The number of hydrogen-bond donors (Lipinski definition) is 1. The molecule has 0 radical (unpaired) electrons. The maximum atomic E-state index is 12.9. The van der Waals surface area contributed by atoms with Gasteiger partial charge in [0, 0.05) is 31.1 Å². The molecule has 1 aromatic carbocycles. The van der Waals surface area contributed by atoms with E-state index >= 15 is 0 Å². The Labute approximate surface area is 158 Å². The number of carbonyl (C=O) groups excluding carboxylic acids is 1. The molecule has 0 aliphatic carbocycles. The van der Waals surface area contributed by atoms with Crippen molar-refractivity contribution in [2.24, 2.45) is 5.92 Å². The Morgan fingerprint density at radius 3 is 2.67 bits per heavy atom. The van der Waals surface area contributed by atoms with Gasteiger partial charge >= 0.3 is 0 Å². The van der Waals surface area contributed by atoms with Crippen LogP contribution in [0, 0.1) is 19.8 Å². The lowest BCUT2D eigenvalue weighted by atomic mass is 10.1. The van der Waals surface area contributed by atoms with Crippen molar-refractivity contribution in [2.45, 2.75) is 33.7 Å². The number of carbonyl (C=O) groups is 1. The summed E-state index contributed by atoms with van der Waals surface area (Å²) in [5.74, 6) is 0.896. The number of aromatic nitrogens is 4. The van der Waals surface area contributed by atoms with Crippen LogP contribution in [0.15, 0.2) is 36.4 Å². The van der Waals surface area contributed by atoms with E-state index in [4.69, 9.17) is 0 Å². The Morgan fingerprint density at radius 2 is 1.96 bits per heavy atom. The summed E-state index contributed by atoms with van der Waals surface area (Å²) in [4.78, 5) is 23.5. The van der Waals surface area contributed by atoms with Crippen molar-refractivity contribution >= 4 is 11.7 Å². The van der Waals surface area contributed by atoms with Crippen LogP contribution in [0.1, 0.15) is 29.7 Å². The summed E-state index contributed by atoms with van der Waals surface area (Å²) in [7, 11) is 0. The van der Waals surface area contributed by atoms with Crippen molar-refractivity contribution in [1.82, 2.24) is 24.5 Å². The number of hydrogen-bond acceptors (Lipinski definition) is 5. The minimum absolute atomic E-state index is 0.00162. The third-order valence-corrected chi connectivity index (χ3v) is 4.38. The minimum atomic E-state index is -0.0653. The lowest BCUT2D eigenvalue weighted by molar-refractivity contribution is -0.132. The van der Waals surface area contributed by atoms with Crippen LogP contribution in [-0.2, 0) is 17.8 Å². The van der Waals surface area contributed by atoms with Gasteiger partial charge in [0.15, 0.2) is 5.82 Å². The number of aliphatic hydroxyl groups is 1. The molecule has 0 saturated carbocycles. The third kappa shape index (κ3) is 4.68. The molecule has 0 spiro atoms. The molecule has 0 fully saturated rings. The van der Waals surface area contributed by atoms with Crippen molar-refractivity contribution in [2.75, 3.05) is 13.2 Å². The Balaban J connectivity index is 1.80. The first-order valence-corrected chi connectivity index (χ1v) is 9.08. The van der Waals surface area contributed by atoms with Gasteiger partial charge in [-0.25, -0.2) is 9.50 Å². The lowest BCUT2D eigenvalue weighted by Gasteiger charge is -2.25. The smallest absolute Gasteiger partial charge is 0.252 e. The van der Waals surface area contributed by atoms with Crippen LogP contribution in [0.4, 0.5) is 0 Å². The van der Waals surface area contributed by atoms with E-state index in [1.807, 2.05) is 57.2 Å². The second-order valence-electron chi connectivity index (χ2n) is 7.00. The molecule has 0 bridgehead atoms. The maximum Gasteiger partial charge on any atom is 0.252 e. The van der Waals surface area contributed by atoms with Gasteiger partial charge in [-0.3, -0.25) is 4.79 Å². The van der Waals surface area contributed by atoms with E-state index in [1.54, 1.807) is 9.42 Å². The first kappa shape index (κ1) is 19.0. The van der Waals surface area contributed by atoms with E-state index in [9.17, 15) is 9.90 Å². The van der Waals surface area contributed by atoms with E-state index in [0.29, 0.717) is 24.7 Å². The van der Waals surface area contributed by atoms with Crippen LogP contribution >= 0.6 is 0 Å². The minimum Gasteiger partial charge on any atom is -0.396 e. The van der Waals surface area contributed by atoms with Gasteiger partial charge in [-0.15, -0.1) is 5.10 Å². The molecular weight excluding hydrogens is 342 g/mol. The molecule has 7 nitrogen and oxygen atoms in total. The van der Waals surface area contributed by atoms with E-state index in [2.05, 4.69) is 15.1 Å². The molecule has 0 saturated heterocycles. The second-order valence-corrected chi connectivity index (χ2v) is 7.00. The average Bonchev–Trinajstić information content (AvgIpc) is 3.04. The summed E-state index contributed by atoms with van der Waals surface area (Å²) in [6.07, 6.45) is 0.104. The Kier molecular flexibility index (Phi) is 5.81. The van der Waals surface area contributed by atoms with E-state index in [1.165, 1.54) is 0 Å². The average molecular weight is 367 g/mol. The van der Waals surface area contributed by atoms with E-state index in [0.717, 1.165) is 17.0 Å². The number of benzene rings is 1. The van der Waals surface area contributed by atoms with Crippen LogP contribution in [-0.4, -0.2) is 48.6 Å². The van der Waals surface area contributed by atoms with Crippen LogP contribution in [0.25, 0.3) is 5.78 Å². The summed E-state index contributed by atoms with van der Waals surface area (Å²) in [5, 5.41) is 13.8. The molecule has 27 heavy (non-hydrogen) atoms. The third-order valence-electron chi connectivity index (χ3n) is 4.38. The molecule has 0 aliphatic heterocycles. The number of fused-ring (bicyclic) bond motifs is 1. The molecule has 3 aromatic rings. The SMILES string of the molecule is Cc1cc(C)n2nc(CC(=O)N(Cc3ccccc3)CC(C)CO)nc2n1. The largest absolute Gasteiger partial charge is 0.396 e. The standard InChI is InChI=1S/C20H25N5O2/c1-14(13-26)11-24(12-17-7-5-4-6-8-17)19(27)10-18-22-20-21-15(2)9-16(3)25(20)23-18/h4-9,14,26H,10-13H2,1-3H3. The number of nitrogens with zero attached hydrogens (tertiary/aromatic N) is 5. The molecule has 142 valence electrons. The predicted octanol–water partition coefficient (Wildman–Crippen LogP) is 1.94. The van der Waals surface area contributed by atoms with Gasteiger partial charge in [-0.2, -0.15) is 4.98 Å². The summed E-state index contributed by atoms with van der Waals surface area (Å²) in [6, 6.07) is 11.8. The first-order valence-electron chi connectivity index (χ1n) is 9.08. The summed E-state index contributed by atoms with van der Waals surface area (Å²) >= 11 is 0. The van der Waals surface area contributed by atoms with Gasteiger partial charge in [0.25, 0.3) is 5.78 Å². The highest BCUT2D eigenvalue weighted by atomic mass is 16.3. The molecule has 2 heterocycles. The van der Waals surface area contributed by atoms with Gasteiger partial charge in [-0.1, -0.05) is 37.3 Å².